The number of halogens is 2. The third kappa shape index (κ3) is 4.95. The molecular formula is C24H25F2N3O3. The van der Waals surface area contributed by atoms with Crippen molar-refractivity contribution in [3.63, 3.8) is 0 Å². The van der Waals surface area contributed by atoms with Crippen LogP contribution >= 0.6 is 0 Å². The van der Waals surface area contributed by atoms with Crippen LogP contribution in [0, 0.1) is 11.6 Å². The summed E-state index contributed by atoms with van der Waals surface area (Å²) in [5, 5.41) is 2.63. The molecule has 168 valence electrons. The predicted octanol–water partition coefficient (Wildman–Crippen LogP) is 3.01. The number of carbonyl (C=O) groups is 3. The average Bonchev–Trinajstić information content (AvgIpc) is 3.30. The van der Waals surface area contributed by atoms with Crippen molar-refractivity contribution < 1.29 is 23.2 Å². The lowest BCUT2D eigenvalue weighted by atomic mass is 10.1. The van der Waals surface area contributed by atoms with Gasteiger partial charge in [0.2, 0.25) is 0 Å². The fourth-order valence-corrected chi connectivity index (χ4v) is 4.38. The van der Waals surface area contributed by atoms with Crippen LogP contribution in [0.15, 0.2) is 42.5 Å². The zero-order valence-electron chi connectivity index (χ0n) is 17.7. The van der Waals surface area contributed by atoms with Crippen LogP contribution in [0.1, 0.15) is 47.2 Å². The largest absolute Gasteiger partial charge is 0.348 e. The van der Waals surface area contributed by atoms with E-state index in [1.807, 2.05) is 0 Å². The van der Waals surface area contributed by atoms with E-state index < -0.39 is 23.4 Å². The molecule has 32 heavy (non-hydrogen) atoms. The third-order valence-corrected chi connectivity index (χ3v) is 6.07. The number of rotatable bonds is 6. The molecule has 3 amide bonds. The first-order chi connectivity index (χ1) is 15.4. The summed E-state index contributed by atoms with van der Waals surface area (Å²) in [6.45, 7) is 1.34. The molecule has 6 nitrogen and oxygen atoms in total. The van der Waals surface area contributed by atoms with Gasteiger partial charge in [0, 0.05) is 43.9 Å². The van der Waals surface area contributed by atoms with Crippen molar-refractivity contribution in [3.05, 3.63) is 70.8 Å². The van der Waals surface area contributed by atoms with Crippen LogP contribution < -0.4 is 5.32 Å². The van der Waals surface area contributed by atoms with Crippen LogP contribution in [-0.4, -0.2) is 46.7 Å². The van der Waals surface area contributed by atoms with Crippen molar-refractivity contribution in [1.82, 2.24) is 15.1 Å². The normalized spacial score (nSPS) is 17.2. The maximum atomic E-state index is 13.3. The van der Waals surface area contributed by atoms with E-state index in [1.165, 1.54) is 0 Å². The van der Waals surface area contributed by atoms with Gasteiger partial charge in [-0.1, -0.05) is 25.0 Å². The molecule has 0 radical (unpaired) electrons. The Labute approximate surface area is 185 Å². The summed E-state index contributed by atoms with van der Waals surface area (Å²) in [7, 11) is 0. The van der Waals surface area contributed by atoms with E-state index in [2.05, 4.69) is 5.32 Å². The number of piperazine rings is 1. The van der Waals surface area contributed by atoms with Crippen LogP contribution in [0.2, 0.25) is 0 Å². The Hall–Kier alpha value is -3.29. The highest BCUT2D eigenvalue weighted by atomic mass is 19.1. The summed E-state index contributed by atoms with van der Waals surface area (Å²) >= 11 is 0. The molecule has 1 heterocycles. The molecule has 2 aliphatic rings. The average molecular weight is 441 g/mol. The molecule has 1 saturated carbocycles. The number of nitrogens with zero attached hydrogens (tertiary/aromatic N) is 2. The molecule has 2 aromatic rings. The molecule has 1 aliphatic carbocycles. The molecule has 1 N–H and O–H groups in total. The molecule has 1 saturated heterocycles. The van der Waals surface area contributed by atoms with Gasteiger partial charge in [0.25, 0.3) is 5.91 Å². The Morgan fingerprint density at radius 1 is 0.906 bits per heavy atom. The summed E-state index contributed by atoms with van der Waals surface area (Å²) in [4.78, 5) is 40.7. The zero-order chi connectivity index (χ0) is 22.7. The Bertz CT molecular complexity index is 999. The molecule has 0 bridgehead atoms. The molecule has 0 aromatic heterocycles. The van der Waals surface area contributed by atoms with Gasteiger partial charge in [-0.2, -0.15) is 0 Å². The van der Waals surface area contributed by atoms with Gasteiger partial charge in [0.1, 0.15) is 11.6 Å². The first kappa shape index (κ1) is 21.9. The Balaban J connectivity index is 1.32. The van der Waals surface area contributed by atoms with Crippen molar-refractivity contribution in [1.29, 1.82) is 0 Å². The van der Waals surface area contributed by atoms with E-state index in [-0.39, 0.29) is 18.5 Å². The lowest BCUT2D eigenvalue weighted by Gasteiger charge is -2.37. The monoisotopic (exact) mass is 441 g/mol. The lowest BCUT2D eigenvalue weighted by molar-refractivity contribution is -0.158. The van der Waals surface area contributed by atoms with Gasteiger partial charge in [-0.3, -0.25) is 14.4 Å². The molecule has 2 aromatic carbocycles. The molecule has 2 fully saturated rings. The van der Waals surface area contributed by atoms with Crippen LogP contribution in [0.25, 0.3) is 0 Å². The second-order valence-electron chi connectivity index (χ2n) is 8.32. The molecule has 8 heteroatoms. The Kier molecular flexibility index (Phi) is 6.48. The van der Waals surface area contributed by atoms with Gasteiger partial charge in [0.15, 0.2) is 0 Å². The van der Waals surface area contributed by atoms with Crippen molar-refractivity contribution in [2.45, 2.75) is 44.8 Å². The fraction of sp³-hybridized carbons (Fsp3) is 0.375. The molecule has 0 spiro atoms. The number of hydrogen-bond acceptors (Lipinski definition) is 3. The van der Waals surface area contributed by atoms with Crippen molar-refractivity contribution >= 4 is 17.7 Å². The first-order valence-electron chi connectivity index (χ1n) is 10.8. The third-order valence-electron chi connectivity index (χ3n) is 6.07. The lowest BCUT2D eigenvalue weighted by Crippen LogP contribution is -2.56. The highest BCUT2D eigenvalue weighted by molar-refractivity contribution is 6.35. The fourth-order valence-electron chi connectivity index (χ4n) is 4.38. The van der Waals surface area contributed by atoms with Crippen LogP contribution in [0.3, 0.4) is 0 Å². The Morgan fingerprint density at radius 2 is 1.56 bits per heavy atom. The first-order valence-corrected chi connectivity index (χ1v) is 10.8. The highest BCUT2D eigenvalue weighted by Crippen LogP contribution is 2.25. The topological polar surface area (TPSA) is 69.7 Å². The van der Waals surface area contributed by atoms with Crippen molar-refractivity contribution in [2.24, 2.45) is 0 Å². The minimum absolute atomic E-state index is 0.00283. The van der Waals surface area contributed by atoms with E-state index in [0.29, 0.717) is 30.8 Å². The van der Waals surface area contributed by atoms with E-state index in [9.17, 15) is 23.2 Å². The SMILES string of the molecule is O=C(NCc1cc(F)cc(F)c1)c1ccc(CN2CCN(C3CCCC3)C(=O)C2=O)cc1. The van der Waals surface area contributed by atoms with E-state index in [4.69, 9.17) is 0 Å². The van der Waals surface area contributed by atoms with Crippen molar-refractivity contribution in [2.75, 3.05) is 13.1 Å². The van der Waals surface area contributed by atoms with Crippen molar-refractivity contribution in [3.8, 4) is 0 Å². The number of carbonyl (C=O) groups excluding carboxylic acids is 3. The van der Waals surface area contributed by atoms with Gasteiger partial charge in [-0.25, -0.2) is 8.78 Å². The predicted molar refractivity (Wildman–Crippen MR) is 113 cm³/mol. The standard InChI is InChI=1S/C24H25F2N3O3/c25-19-11-17(12-20(26)13-19)14-27-22(30)18-7-5-16(6-8-18)15-28-9-10-29(24(32)23(28)31)21-3-1-2-4-21/h5-8,11-13,21H,1-4,9-10,14-15H2,(H,27,30). The van der Waals surface area contributed by atoms with Gasteiger partial charge >= 0.3 is 11.8 Å². The van der Waals surface area contributed by atoms with Gasteiger partial charge in [-0.05, 0) is 48.2 Å². The quantitative estimate of drug-likeness (QED) is 0.701. The summed E-state index contributed by atoms with van der Waals surface area (Å²) in [6.07, 6.45) is 4.14. The second kappa shape index (κ2) is 9.46. The molecule has 4 rings (SSSR count). The van der Waals surface area contributed by atoms with E-state index >= 15 is 0 Å². The molecule has 1 aliphatic heterocycles. The van der Waals surface area contributed by atoms with Crippen LogP contribution in [0.5, 0.6) is 0 Å². The van der Waals surface area contributed by atoms with E-state index in [1.54, 1.807) is 34.1 Å². The smallest absolute Gasteiger partial charge is 0.312 e. The van der Waals surface area contributed by atoms with Crippen LogP contribution in [0.4, 0.5) is 8.78 Å². The number of hydrogen-bond donors (Lipinski definition) is 1. The second-order valence-corrected chi connectivity index (χ2v) is 8.32. The van der Waals surface area contributed by atoms with E-state index in [0.717, 1.165) is 49.4 Å². The highest BCUT2D eigenvalue weighted by Gasteiger charge is 2.37. The minimum atomic E-state index is -0.698. The number of benzene rings is 2. The van der Waals surface area contributed by atoms with Crippen LogP contribution in [-0.2, 0) is 22.7 Å². The summed E-state index contributed by atoms with van der Waals surface area (Å²) in [6, 6.07) is 10.0. The molecular weight excluding hydrogens is 416 g/mol. The zero-order valence-corrected chi connectivity index (χ0v) is 17.7. The number of nitrogens with one attached hydrogen (secondary N) is 1. The van der Waals surface area contributed by atoms with Gasteiger partial charge in [-0.15, -0.1) is 0 Å². The number of amides is 3. The summed E-state index contributed by atoms with van der Waals surface area (Å²) < 4.78 is 26.5. The minimum Gasteiger partial charge on any atom is -0.348 e. The van der Waals surface area contributed by atoms with Gasteiger partial charge in [0.05, 0.1) is 0 Å². The molecule has 0 atom stereocenters. The summed E-state index contributed by atoms with van der Waals surface area (Å²) in [5.41, 5.74) is 1.52. The Morgan fingerprint density at radius 3 is 2.22 bits per heavy atom. The maximum absolute atomic E-state index is 13.3. The van der Waals surface area contributed by atoms with Gasteiger partial charge < -0.3 is 15.1 Å². The molecule has 0 unspecified atom stereocenters. The summed E-state index contributed by atoms with van der Waals surface area (Å²) in [5.74, 6) is -2.68. The maximum Gasteiger partial charge on any atom is 0.312 e.